The van der Waals surface area contributed by atoms with Gasteiger partial charge in [-0.25, -0.2) is 9.98 Å². The summed E-state index contributed by atoms with van der Waals surface area (Å²) in [6, 6.07) is 18.9. The number of hydrogen-bond donors (Lipinski definition) is 3. The fourth-order valence-electron chi connectivity index (χ4n) is 4.34. The molecule has 0 unspecified atom stereocenters. The van der Waals surface area contributed by atoms with E-state index in [9.17, 15) is 25.9 Å². The summed E-state index contributed by atoms with van der Waals surface area (Å²) >= 11 is 0. The summed E-state index contributed by atoms with van der Waals surface area (Å²) < 4.78 is 66.6. The van der Waals surface area contributed by atoms with Crippen LogP contribution in [0.15, 0.2) is 105 Å². The normalized spacial score (nSPS) is 15.5. The topological polar surface area (TPSA) is 163 Å². The van der Waals surface area contributed by atoms with E-state index in [1.54, 1.807) is 24.3 Å². The van der Waals surface area contributed by atoms with E-state index in [1.807, 2.05) is 43.3 Å². The largest absolute Gasteiger partial charge is 0.398 e. The molecule has 5 rings (SSSR count). The predicted octanol–water partition coefficient (Wildman–Crippen LogP) is 4.79. The zero-order valence-corrected chi connectivity index (χ0v) is 23.0. The van der Waals surface area contributed by atoms with E-state index in [4.69, 9.17) is 15.7 Å². The van der Waals surface area contributed by atoms with Crippen LogP contribution in [0.2, 0.25) is 0 Å². The number of anilines is 2. The van der Waals surface area contributed by atoms with E-state index >= 15 is 0 Å². The van der Waals surface area contributed by atoms with Crippen LogP contribution in [-0.4, -0.2) is 51.5 Å². The summed E-state index contributed by atoms with van der Waals surface area (Å²) in [7, 11) is -5.12. The maximum Gasteiger partial charge on any atom is 0.294 e. The van der Waals surface area contributed by atoms with Crippen molar-refractivity contribution < 1.29 is 25.9 Å². The van der Waals surface area contributed by atoms with E-state index in [-0.39, 0.29) is 9.79 Å². The summed E-state index contributed by atoms with van der Waals surface area (Å²) in [6.45, 7) is 0. The summed E-state index contributed by atoms with van der Waals surface area (Å²) in [6.07, 6.45) is 3.38. The Balaban J connectivity index is 1.69. The molecule has 0 fully saturated rings. The van der Waals surface area contributed by atoms with Gasteiger partial charge in [-0.1, -0.05) is 12.1 Å². The maximum absolute atomic E-state index is 11.9. The molecule has 0 saturated carbocycles. The minimum Gasteiger partial charge on any atom is -0.398 e. The van der Waals surface area contributed by atoms with Gasteiger partial charge in [0.15, 0.2) is 0 Å². The first-order chi connectivity index (χ1) is 18.8. The monoisotopic (exact) mass is 576 g/mol. The molecule has 10 nitrogen and oxygen atoms in total. The second kappa shape index (κ2) is 9.99. The van der Waals surface area contributed by atoms with Gasteiger partial charge in [0, 0.05) is 47.4 Å². The van der Waals surface area contributed by atoms with Gasteiger partial charge in [0.2, 0.25) is 0 Å². The summed E-state index contributed by atoms with van der Waals surface area (Å²) in [5.74, 6) is 0. The number of benzene rings is 4. The van der Waals surface area contributed by atoms with Gasteiger partial charge in [0.25, 0.3) is 20.2 Å². The zero-order valence-electron chi connectivity index (χ0n) is 21.3. The molecule has 1 aliphatic carbocycles. The number of aliphatic imine (C=N–C) groups is 2. The van der Waals surface area contributed by atoms with Crippen LogP contribution in [0.25, 0.3) is 10.8 Å². The van der Waals surface area contributed by atoms with Gasteiger partial charge >= 0.3 is 0 Å². The minimum atomic E-state index is -4.50. The van der Waals surface area contributed by atoms with Crippen molar-refractivity contribution in [2.45, 2.75) is 9.79 Å². The van der Waals surface area contributed by atoms with E-state index in [0.717, 1.165) is 5.69 Å². The molecule has 0 saturated heterocycles. The summed E-state index contributed by atoms with van der Waals surface area (Å²) in [5.41, 5.74) is 10.3. The molecule has 0 aromatic heterocycles. The highest BCUT2D eigenvalue weighted by Gasteiger charge is 2.21. The Hall–Kier alpha value is -4.36. The third-order valence-corrected chi connectivity index (χ3v) is 8.09. The molecule has 204 valence electrons. The Bertz CT molecular complexity index is 1980. The van der Waals surface area contributed by atoms with Crippen molar-refractivity contribution in [1.82, 2.24) is 0 Å². The molecule has 0 heterocycles. The molecular weight excluding hydrogens is 552 g/mol. The van der Waals surface area contributed by atoms with Crippen molar-refractivity contribution in [2.24, 2.45) is 9.98 Å². The molecule has 12 heteroatoms. The van der Waals surface area contributed by atoms with Crippen LogP contribution >= 0.6 is 0 Å². The van der Waals surface area contributed by atoms with Crippen molar-refractivity contribution in [2.75, 3.05) is 24.7 Å². The first-order valence-corrected chi connectivity index (χ1v) is 14.7. The molecule has 4 N–H and O–H groups in total. The van der Waals surface area contributed by atoms with Crippen LogP contribution in [0.1, 0.15) is 11.1 Å². The van der Waals surface area contributed by atoms with Crippen LogP contribution in [0.3, 0.4) is 0 Å². The Kier molecular flexibility index (Phi) is 6.80. The number of fused-ring (bicyclic) bond motifs is 2. The van der Waals surface area contributed by atoms with Crippen LogP contribution in [-0.2, 0) is 20.2 Å². The second-order valence-electron chi connectivity index (χ2n) is 9.28. The SMILES string of the molecule is CN(C)c1ccc(N=C2C=CC(=Nc3ccc(N)c4ccc(S(=O)(=O)O)cc34)c3ccc(S(=O)(=O)O)cc32)cc1. The molecule has 4 aromatic carbocycles. The van der Waals surface area contributed by atoms with Crippen molar-refractivity contribution in [3.8, 4) is 0 Å². The fraction of sp³-hybridized carbons (Fsp3) is 0.0714. The number of allylic oxidation sites excluding steroid dienone is 2. The maximum atomic E-state index is 11.9. The standard InChI is InChI=1S/C28H24N4O6S2/c1-32(2)18-5-3-17(4-6-18)30-27-14-13-26(22-10-8-20(16-24(22)27)40(36,37)38)31-28-12-11-25(29)21-9-7-19(15-23(21)28)39(33,34)35/h3-16H,29H2,1-2H3,(H,33,34,35)(H,36,37,38). The van der Waals surface area contributed by atoms with Crippen molar-refractivity contribution >= 4 is 65.2 Å². The van der Waals surface area contributed by atoms with E-state index < -0.39 is 20.2 Å². The molecule has 1 aliphatic rings. The first-order valence-electron chi connectivity index (χ1n) is 11.9. The zero-order chi connectivity index (χ0) is 28.8. The molecular formula is C28H24N4O6S2. The first kappa shape index (κ1) is 27.2. The van der Waals surface area contributed by atoms with E-state index in [2.05, 4.69) is 0 Å². The van der Waals surface area contributed by atoms with Crippen molar-refractivity contribution in [3.63, 3.8) is 0 Å². The second-order valence-corrected chi connectivity index (χ2v) is 12.1. The molecule has 0 radical (unpaired) electrons. The number of rotatable bonds is 5. The number of nitrogens with zero attached hydrogens (tertiary/aromatic N) is 3. The smallest absolute Gasteiger partial charge is 0.294 e. The molecule has 0 spiro atoms. The third kappa shape index (κ3) is 5.38. The minimum absolute atomic E-state index is 0.299. The summed E-state index contributed by atoms with van der Waals surface area (Å²) in [4.78, 5) is 10.8. The van der Waals surface area contributed by atoms with Gasteiger partial charge in [0.1, 0.15) is 0 Å². The van der Waals surface area contributed by atoms with Crippen molar-refractivity contribution in [1.29, 1.82) is 0 Å². The molecule has 0 amide bonds. The predicted molar refractivity (Wildman–Crippen MR) is 157 cm³/mol. The van der Waals surface area contributed by atoms with Gasteiger partial charge in [-0.05, 0) is 72.8 Å². The Morgan fingerprint density at radius 3 is 1.90 bits per heavy atom. The lowest BCUT2D eigenvalue weighted by Gasteiger charge is -2.17. The number of nitrogens with two attached hydrogens (primary N) is 1. The van der Waals surface area contributed by atoms with E-state index in [1.165, 1.54) is 36.4 Å². The van der Waals surface area contributed by atoms with Gasteiger partial charge in [0.05, 0.1) is 32.6 Å². The molecule has 0 aliphatic heterocycles. The highest BCUT2D eigenvalue weighted by Crippen LogP contribution is 2.34. The highest BCUT2D eigenvalue weighted by atomic mass is 32.2. The Morgan fingerprint density at radius 2 is 1.27 bits per heavy atom. The highest BCUT2D eigenvalue weighted by molar-refractivity contribution is 7.86. The number of hydrogen-bond acceptors (Lipinski definition) is 8. The summed E-state index contributed by atoms with van der Waals surface area (Å²) in [5, 5.41) is 0.937. The van der Waals surface area contributed by atoms with Gasteiger partial charge in [-0.2, -0.15) is 16.8 Å². The van der Waals surface area contributed by atoms with Crippen LogP contribution < -0.4 is 10.6 Å². The fourth-order valence-corrected chi connectivity index (χ4v) is 5.35. The average molecular weight is 577 g/mol. The molecule has 40 heavy (non-hydrogen) atoms. The van der Waals surface area contributed by atoms with Crippen LogP contribution in [0, 0.1) is 0 Å². The Labute approximate surface area is 231 Å². The quantitative estimate of drug-likeness (QED) is 0.225. The Morgan fingerprint density at radius 1 is 0.675 bits per heavy atom. The van der Waals surface area contributed by atoms with Gasteiger partial charge in [-0.15, -0.1) is 0 Å². The molecule has 0 atom stereocenters. The number of nitrogen functional groups attached to an aromatic ring is 1. The lowest BCUT2D eigenvalue weighted by atomic mass is 9.93. The van der Waals surface area contributed by atoms with E-state index in [0.29, 0.717) is 50.4 Å². The lowest BCUT2D eigenvalue weighted by Crippen LogP contribution is -2.14. The van der Waals surface area contributed by atoms with Crippen LogP contribution in [0.5, 0.6) is 0 Å². The average Bonchev–Trinajstić information content (AvgIpc) is 2.90. The van der Waals surface area contributed by atoms with Gasteiger partial charge < -0.3 is 10.6 Å². The molecule has 4 aromatic rings. The van der Waals surface area contributed by atoms with Crippen molar-refractivity contribution in [3.05, 3.63) is 96.1 Å². The lowest BCUT2D eigenvalue weighted by molar-refractivity contribution is 0.481. The van der Waals surface area contributed by atoms with Gasteiger partial charge in [-0.3, -0.25) is 9.11 Å². The van der Waals surface area contributed by atoms with Crippen LogP contribution in [0.4, 0.5) is 22.7 Å². The molecule has 0 bridgehead atoms. The third-order valence-electron chi connectivity index (χ3n) is 6.39.